The quantitative estimate of drug-likeness (QED) is 0.788. The minimum absolute atomic E-state index is 0.406. The van der Waals surface area contributed by atoms with Gasteiger partial charge < -0.3 is 11.1 Å². The summed E-state index contributed by atoms with van der Waals surface area (Å²) in [5, 5.41) is 3.36. The zero-order chi connectivity index (χ0) is 12.3. The zero-order valence-electron chi connectivity index (χ0n) is 10.2. The van der Waals surface area contributed by atoms with E-state index in [4.69, 9.17) is 18.0 Å². The number of thiocarbonyl (C=S) groups is 1. The maximum atomic E-state index is 5.68. The van der Waals surface area contributed by atoms with Gasteiger partial charge in [-0.2, -0.15) is 0 Å². The van der Waals surface area contributed by atoms with Gasteiger partial charge in [0, 0.05) is 12.2 Å². The van der Waals surface area contributed by atoms with Crippen molar-refractivity contribution in [2.24, 2.45) is 11.7 Å². The van der Waals surface area contributed by atoms with Crippen molar-refractivity contribution in [3.8, 4) is 0 Å². The second kappa shape index (κ2) is 5.45. The lowest BCUT2D eigenvalue weighted by Crippen LogP contribution is -2.19. The van der Waals surface area contributed by atoms with Crippen molar-refractivity contribution in [2.75, 3.05) is 11.9 Å². The van der Waals surface area contributed by atoms with Crippen molar-refractivity contribution in [1.82, 2.24) is 4.98 Å². The van der Waals surface area contributed by atoms with Crippen molar-refractivity contribution in [2.45, 2.75) is 32.6 Å². The fraction of sp³-hybridized carbons (Fsp3) is 0.538. The normalized spacial score (nSPS) is 15.4. The lowest BCUT2D eigenvalue weighted by Gasteiger charge is -2.25. The lowest BCUT2D eigenvalue weighted by molar-refractivity contribution is 0.303. The van der Waals surface area contributed by atoms with Crippen molar-refractivity contribution >= 4 is 23.0 Å². The van der Waals surface area contributed by atoms with Crippen LogP contribution in [0.5, 0.6) is 0 Å². The van der Waals surface area contributed by atoms with Crippen LogP contribution in [0.15, 0.2) is 12.1 Å². The number of aryl methyl sites for hydroxylation is 1. The van der Waals surface area contributed by atoms with Gasteiger partial charge in [-0.25, -0.2) is 4.98 Å². The Labute approximate surface area is 108 Å². The number of pyridine rings is 1. The molecule has 0 atom stereocenters. The first kappa shape index (κ1) is 12.3. The first-order valence-electron chi connectivity index (χ1n) is 6.18. The molecule has 2 rings (SSSR count). The Hall–Kier alpha value is -1.16. The molecule has 1 fully saturated rings. The molecular formula is C13H19N3S. The molecule has 0 unspecified atom stereocenters. The van der Waals surface area contributed by atoms with Crippen LogP contribution < -0.4 is 11.1 Å². The highest BCUT2D eigenvalue weighted by atomic mass is 32.1. The lowest BCUT2D eigenvalue weighted by atomic mass is 9.83. The van der Waals surface area contributed by atoms with Crippen molar-refractivity contribution in [1.29, 1.82) is 0 Å². The van der Waals surface area contributed by atoms with E-state index in [0.717, 1.165) is 29.5 Å². The highest BCUT2D eigenvalue weighted by Crippen LogP contribution is 2.29. The highest BCUT2D eigenvalue weighted by Gasteiger charge is 2.16. The molecule has 92 valence electrons. The van der Waals surface area contributed by atoms with E-state index >= 15 is 0 Å². The van der Waals surface area contributed by atoms with Crippen LogP contribution in [-0.4, -0.2) is 16.5 Å². The SMILES string of the molecule is Cc1ccc(C(N)=S)c(NCCC2CCC2)n1. The van der Waals surface area contributed by atoms with Crippen LogP contribution in [0.2, 0.25) is 0 Å². The van der Waals surface area contributed by atoms with Gasteiger partial charge in [-0.3, -0.25) is 0 Å². The van der Waals surface area contributed by atoms with E-state index in [1.807, 2.05) is 19.1 Å². The van der Waals surface area contributed by atoms with E-state index < -0.39 is 0 Å². The molecule has 3 nitrogen and oxygen atoms in total. The van der Waals surface area contributed by atoms with Crippen LogP contribution in [0.25, 0.3) is 0 Å². The number of anilines is 1. The van der Waals surface area contributed by atoms with Crippen LogP contribution in [-0.2, 0) is 0 Å². The topological polar surface area (TPSA) is 50.9 Å². The summed E-state index contributed by atoms with van der Waals surface area (Å²) < 4.78 is 0. The maximum Gasteiger partial charge on any atom is 0.136 e. The van der Waals surface area contributed by atoms with E-state index in [-0.39, 0.29) is 0 Å². The minimum Gasteiger partial charge on any atom is -0.389 e. The van der Waals surface area contributed by atoms with Gasteiger partial charge in [-0.1, -0.05) is 31.5 Å². The second-order valence-corrected chi connectivity index (χ2v) is 5.17. The number of rotatable bonds is 5. The van der Waals surface area contributed by atoms with Crippen molar-refractivity contribution in [3.05, 3.63) is 23.4 Å². The van der Waals surface area contributed by atoms with Gasteiger partial charge in [-0.05, 0) is 31.4 Å². The Morgan fingerprint density at radius 2 is 2.29 bits per heavy atom. The monoisotopic (exact) mass is 249 g/mol. The summed E-state index contributed by atoms with van der Waals surface area (Å²) in [6.07, 6.45) is 5.37. The van der Waals surface area contributed by atoms with Gasteiger partial charge >= 0.3 is 0 Å². The highest BCUT2D eigenvalue weighted by molar-refractivity contribution is 7.80. The Bertz CT molecular complexity index is 413. The summed E-state index contributed by atoms with van der Waals surface area (Å²) in [6.45, 7) is 2.93. The fourth-order valence-corrected chi connectivity index (χ4v) is 2.23. The van der Waals surface area contributed by atoms with Gasteiger partial charge in [0.2, 0.25) is 0 Å². The molecule has 0 spiro atoms. The summed E-state index contributed by atoms with van der Waals surface area (Å²) >= 11 is 5.03. The van der Waals surface area contributed by atoms with Gasteiger partial charge in [-0.15, -0.1) is 0 Å². The van der Waals surface area contributed by atoms with E-state index in [2.05, 4.69) is 10.3 Å². The summed E-state index contributed by atoms with van der Waals surface area (Å²) in [5.41, 5.74) is 7.51. The molecular weight excluding hydrogens is 230 g/mol. The van der Waals surface area contributed by atoms with E-state index in [1.54, 1.807) is 0 Å². The molecule has 0 saturated heterocycles. The molecule has 3 N–H and O–H groups in total. The minimum atomic E-state index is 0.406. The average Bonchev–Trinajstić information content (AvgIpc) is 2.21. The standard InChI is InChI=1S/C13H19N3S/c1-9-5-6-11(12(14)17)13(16-9)15-8-7-10-3-2-4-10/h5-6,10H,2-4,7-8H2,1H3,(H2,14,17)(H,15,16). The van der Waals surface area contributed by atoms with Crippen LogP contribution in [0.4, 0.5) is 5.82 Å². The summed E-state index contributed by atoms with van der Waals surface area (Å²) in [7, 11) is 0. The molecule has 0 aromatic carbocycles. The van der Waals surface area contributed by atoms with Gasteiger partial charge in [0.05, 0.1) is 5.56 Å². The molecule has 0 radical (unpaired) electrons. The smallest absolute Gasteiger partial charge is 0.136 e. The summed E-state index contributed by atoms with van der Waals surface area (Å²) in [5.74, 6) is 1.73. The Balaban J connectivity index is 1.97. The number of nitrogens with two attached hydrogens (primary N) is 1. The largest absolute Gasteiger partial charge is 0.389 e. The Kier molecular flexibility index (Phi) is 3.94. The molecule has 4 heteroatoms. The molecule has 1 aromatic heterocycles. The third-order valence-corrected chi connectivity index (χ3v) is 3.59. The predicted octanol–water partition coefficient (Wildman–Crippen LogP) is 2.63. The van der Waals surface area contributed by atoms with Crippen LogP contribution >= 0.6 is 12.2 Å². The summed E-state index contributed by atoms with van der Waals surface area (Å²) in [6, 6.07) is 3.88. The van der Waals surface area contributed by atoms with Crippen LogP contribution in [0, 0.1) is 12.8 Å². The molecule has 0 amide bonds. The van der Waals surface area contributed by atoms with Crippen LogP contribution in [0.1, 0.15) is 36.9 Å². The van der Waals surface area contributed by atoms with Gasteiger partial charge in [0.15, 0.2) is 0 Å². The van der Waals surface area contributed by atoms with E-state index in [1.165, 1.54) is 25.7 Å². The molecule has 1 aromatic rings. The molecule has 1 aliphatic carbocycles. The van der Waals surface area contributed by atoms with Crippen molar-refractivity contribution in [3.63, 3.8) is 0 Å². The number of hydrogen-bond donors (Lipinski definition) is 2. The zero-order valence-corrected chi connectivity index (χ0v) is 11.0. The molecule has 0 bridgehead atoms. The molecule has 1 aliphatic rings. The third kappa shape index (κ3) is 3.16. The first-order chi connectivity index (χ1) is 8.16. The summed E-state index contributed by atoms with van der Waals surface area (Å²) in [4.78, 5) is 4.86. The average molecular weight is 249 g/mol. The van der Waals surface area contributed by atoms with Crippen LogP contribution in [0.3, 0.4) is 0 Å². The number of hydrogen-bond acceptors (Lipinski definition) is 3. The molecule has 1 heterocycles. The number of nitrogens with zero attached hydrogens (tertiary/aromatic N) is 1. The Morgan fingerprint density at radius 1 is 1.53 bits per heavy atom. The second-order valence-electron chi connectivity index (χ2n) is 4.73. The molecule has 1 saturated carbocycles. The predicted molar refractivity (Wildman–Crippen MR) is 75.3 cm³/mol. The van der Waals surface area contributed by atoms with Crippen molar-refractivity contribution < 1.29 is 0 Å². The molecule has 17 heavy (non-hydrogen) atoms. The fourth-order valence-electron chi connectivity index (χ4n) is 2.07. The maximum absolute atomic E-state index is 5.68. The van der Waals surface area contributed by atoms with Gasteiger partial charge in [0.1, 0.15) is 10.8 Å². The third-order valence-electron chi connectivity index (χ3n) is 3.37. The molecule has 0 aliphatic heterocycles. The first-order valence-corrected chi connectivity index (χ1v) is 6.59. The van der Waals surface area contributed by atoms with E-state index in [0.29, 0.717) is 4.99 Å². The van der Waals surface area contributed by atoms with Gasteiger partial charge in [0.25, 0.3) is 0 Å². The number of nitrogens with one attached hydrogen (secondary N) is 1. The van der Waals surface area contributed by atoms with E-state index in [9.17, 15) is 0 Å². The number of aromatic nitrogens is 1. The Morgan fingerprint density at radius 3 is 2.88 bits per heavy atom.